The second kappa shape index (κ2) is 4.82. The minimum absolute atomic E-state index is 0.290. The molecule has 1 aliphatic rings. The van der Waals surface area contributed by atoms with Crippen LogP contribution in [-0.2, 0) is 9.53 Å². The Labute approximate surface area is 117 Å². The first-order chi connectivity index (χ1) is 9.77. The lowest BCUT2D eigenvalue weighted by atomic mass is 9.73. The fourth-order valence-corrected chi connectivity index (χ4v) is 2.92. The Bertz CT molecular complexity index is 667. The van der Waals surface area contributed by atoms with Crippen LogP contribution < -0.4 is 0 Å². The summed E-state index contributed by atoms with van der Waals surface area (Å²) in [6, 6.07) is 17.5. The number of esters is 1. The van der Waals surface area contributed by atoms with Gasteiger partial charge in [-0.25, -0.2) is 0 Å². The van der Waals surface area contributed by atoms with E-state index in [0.29, 0.717) is 0 Å². The van der Waals surface area contributed by atoms with Gasteiger partial charge in [0.25, 0.3) is 0 Å². The van der Waals surface area contributed by atoms with E-state index in [0.717, 1.165) is 22.3 Å². The lowest BCUT2D eigenvalue weighted by Crippen LogP contribution is -2.24. The summed E-state index contributed by atoms with van der Waals surface area (Å²) in [4.78, 5) is 12.2. The minimum atomic E-state index is -0.447. The van der Waals surface area contributed by atoms with E-state index in [2.05, 4.69) is 6.07 Å². The van der Waals surface area contributed by atoms with Crippen molar-refractivity contribution in [1.82, 2.24) is 0 Å². The monoisotopic (exact) mass is 263 g/mol. The Balaban J connectivity index is 2.30. The van der Waals surface area contributed by atoms with Crippen LogP contribution in [0.15, 0.2) is 48.5 Å². The molecular weight excluding hydrogens is 250 g/mol. The van der Waals surface area contributed by atoms with Crippen LogP contribution in [0, 0.1) is 11.3 Å². The van der Waals surface area contributed by atoms with Gasteiger partial charge in [-0.1, -0.05) is 48.5 Å². The lowest BCUT2D eigenvalue weighted by Gasteiger charge is -2.29. The van der Waals surface area contributed by atoms with Crippen molar-refractivity contribution in [3.8, 4) is 6.07 Å². The van der Waals surface area contributed by atoms with Crippen molar-refractivity contribution in [2.45, 2.75) is 11.8 Å². The molecule has 0 unspecified atom stereocenters. The van der Waals surface area contributed by atoms with Crippen LogP contribution in [-0.4, -0.2) is 13.1 Å². The SMILES string of the molecule is COC(=O)C1c2ccccc2C(C#N)c2ccccc21. The molecule has 3 heteroatoms. The number of carbonyl (C=O) groups excluding carboxylic acids is 1. The van der Waals surface area contributed by atoms with Gasteiger partial charge in [-0.3, -0.25) is 4.79 Å². The molecule has 0 spiro atoms. The molecule has 0 amide bonds. The van der Waals surface area contributed by atoms with Gasteiger partial charge in [-0.2, -0.15) is 5.26 Å². The van der Waals surface area contributed by atoms with Gasteiger partial charge in [-0.05, 0) is 22.3 Å². The molecule has 1 aliphatic carbocycles. The third kappa shape index (κ3) is 1.70. The second-order valence-electron chi connectivity index (χ2n) is 4.78. The van der Waals surface area contributed by atoms with Crippen molar-refractivity contribution in [3.05, 3.63) is 70.8 Å². The van der Waals surface area contributed by atoms with Crippen molar-refractivity contribution in [2.75, 3.05) is 7.11 Å². The van der Waals surface area contributed by atoms with E-state index in [-0.39, 0.29) is 11.9 Å². The number of fused-ring (bicyclic) bond motifs is 2. The molecule has 3 rings (SSSR count). The van der Waals surface area contributed by atoms with E-state index >= 15 is 0 Å². The smallest absolute Gasteiger partial charge is 0.317 e. The highest BCUT2D eigenvalue weighted by Crippen LogP contribution is 2.43. The van der Waals surface area contributed by atoms with Gasteiger partial charge in [-0.15, -0.1) is 0 Å². The highest BCUT2D eigenvalue weighted by atomic mass is 16.5. The van der Waals surface area contributed by atoms with Gasteiger partial charge >= 0.3 is 5.97 Å². The molecule has 0 fully saturated rings. The van der Waals surface area contributed by atoms with Gasteiger partial charge in [0.2, 0.25) is 0 Å². The molecule has 0 N–H and O–H groups in total. The molecular formula is C17H13NO2. The summed E-state index contributed by atoms with van der Waals surface area (Å²) in [7, 11) is 1.39. The molecule has 2 aromatic carbocycles. The molecule has 0 saturated carbocycles. The van der Waals surface area contributed by atoms with Crippen molar-refractivity contribution < 1.29 is 9.53 Å². The van der Waals surface area contributed by atoms with Crippen LogP contribution >= 0.6 is 0 Å². The molecule has 2 aromatic rings. The number of carbonyl (C=O) groups is 1. The van der Waals surface area contributed by atoms with Crippen LogP contribution in [0.4, 0.5) is 0 Å². The van der Waals surface area contributed by atoms with Gasteiger partial charge in [0, 0.05) is 0 Å². The van der Waals surface area contributed by atoms with E-state index in [1.807, 2.05) is 48.5 Å². The van der Waals surface area contributed by atoms with Gasteiger partial charge in [0.1, 0.15) is 5.92 Å². The maximum Gasteiger partial charge on any atom is 0.317 e. The van der Waals surface area contributed by atoms with Crippen molar-refractivity contribution in [1.29, 1.82) is 5.26 Å². The molecule has 0 aliphatic heterocycles. The van der Waals surface area contributed by atoms with Crippen LogP contribution in [0.25, 0.3) is 0 Å². The average molecular weight is 263 g/mol. The number of rotatable bonds is 1. The van der Waals surface area contributed by atoms with E-state index in [1.54, 1.807) is 0 Å². The molecule has 0 radical (unpaired) electrons. The van der Waals surface area contributed by atoms with E-state index in [4.69, 9.17) is 4.74 Å². The van der Waals surface area contributed by atoms with Gasteiger partial charge < -0.3 is 4.74 Å². The Morgan fingerprint density at radius 1 is 1.00 bits per heavy atom. The third-order valence-corrected chi connectivity index (χ3v) is 3.80. The van der Waals surface area contributed by atoms with E-state index in [9.17, 15) is 10.1 Å². The summed E-state index contributed by atoms with van der Waals surface area (Å²) in [5.41, 5.74) is 3.52. The summed E-state index contributed by atoms with van der Waals surface area (Å²) < 4.78 is 4.95. The summed E-state index contributed by atoms with van der Waals surface area (Å²) in [5, 5.41) is 9.50. The quantitative estimate of drug-likeness (QED) is 0.743. The Hall–Kier alpha value is -2.60. The first-order valence-electron chi connectivity index (χ1n) is 6.43. The van der Waals surface area contributed by atoms with Crippen molar-refractivity contribution in [3.63, 3.8) is 0 Å². The number of hydrogen-bond donors (Lipinski definition) is 0. The van der Waals surface area contributed by atoms with Crippen LogP contribution in [0.5, 0.6) is 0 Å². The largest absolute Gasteiger partial charge is 0.468 e. The predicted molar refractivity (Wildman–Crippen MR) is 74.2 cm³/mol. The van der Waals surface area contributed by atoms with E-state index in [1.165, 1.54) is 7.11 Å². The summed E-state index contributed by atoms with van der Waals surface area (Å²) in [5.74, 6) is -1.07. The number of hydrogen-bond acceptors (Lipinski definition) is 3. The zero-order valence-electron chi connectivity index (χ0n) is 11.0. The maximum atomic E-state index is 12.2. The molecule has 0 bridgehead atoms. The molecule has 0 atom stereocenters. The lowest BCUT2D eigenvalue weighted by molar-refractivity contribution is -0.141. The standard InChI is InChI=1S/C17H13NO2/c1-20-17(19)16-13-8-4-2-6-11(13)15(10-18)12-7-3-5-9-14(12)16/h2-9,15-16H,1H3. The van der Waals surface area contributed by atoms with E-state index < -0.39 is 5.92 Å². The first-order valence-corrected chi connectivity index (χ1v) is 6.43. The number of nitriles is 1. The summed E-state index contributed by atoms with van der Waals surface area (Å²) in [6.07, 6.45) is 0. The molecule has 3 nitrogen and oxygen atoms in total. The molecule has 20 heavy (non-hydrogen) atoms. The number of benzene rings is 2. The third-order valence-electron chi connectivity index (χ3n) is 3.80. The zero-order valence-corrected chi connectivity index (χ0v) is 11.0. The summed E-state index contributed by atoms with van der Waals surface area (Å²) >= 11 is 0. The van der Waals surface area contributed by atoms with Gasteiger partial charge in [0.15, 0.2) is 0 Å². The number of ether oxygens (including phenoxy) is 1. The minimum Gasteiger partial charge on any atom is -0.468 e. The highest BCUT2D eigenvalue weighted by molar-refractivity contribution is 5.85. The highest BCUT2D eigenvalue weighted by Gasteiger charge is 2.36. The van der Waals surface area contributed by atoms with Crippen LogP contribution in [0.3, 0.4) is 0 Å². The van der Waals surface area contributed by atoms with Gasteiger partial charge in [0.05, 0.1) is 19.1 Å². The molecule has 0 aromatic heterocycles. The predicted octanol–water partition coefficient (Wildman–Crippen LogP) is 2.96. The number of nitrogens with zero attached hydrogens (tertiary/aromatic N) is 1. The molecule has 0 heterocycles. The van der Waals surface area contributed by atoms with Crippen molar-refractivity contribution in [2.24, 2.45) is 0 Å². The average Bonchev–Trinajstić information content (AvgIpc) is 2.51. The normalized spacial score (nSPS) is 19.4. The zero-order chi connectivity index (χ0) is 14.1. The Kier molecular flexibility index (Phi) is 3.00. The Morgan fingerprint density at radius 2 is 1.45 bits per heavy atom. The van der Waals surface area contributed by atoms with Crippen LogP contribution in [0.1, 0.15) is 34.1 Å². The van der Waals surface area contributed by atoms with Crippen LogP contribution in [0.2, 0.25) is 0 Å². The molecule has 98 valence electrons. The molecule has 0 saturated heterocycles. The van der Waals surface area contributed by atoms with Crippen molar-refractivity contribution >= 4 is 5.97 Å². The maximum absolute atomic E-state index is 12.2. The summed E-state index contributed by atoms with van der Waals surface area (Å²) in [6.45, 7) is 0. The topological polar surface area (TPSA) is 50.1 Å². The Morgan fingerprint density at radius 3 is 1.85 bits per heavy atom. The fraction of sp³-hybridized carbons (Fsp3) is 0.176. The second-order valence-corrected chi connectivity index (χ2v) is 4.78. The number of methoxy groups -OCH3 is 1. The fourth-order valence-electron chi connectivity index (χ4n) is 2.92. The first kappa shape index (κ1) is 12.4.